The van der Waals surface area contributed by atoms with Crippen LogP contribution in [0.1, 0.15) is 65.9 Å². The van der Waals surface area contributed by atoms with Crippen LogP contribution >= 0.6 is 11.3 Å². The van der Waals surface area contributed by atoms with Crippen molar-refractivity contribution in [3.8, 4) is 10.6 Å². The lowest BCUT2D eigenvalue weighted by Gasteiger charge is -2.43. The topological polar surface area (TPSA) is 171 Å². The minimum Gasteiger partial charge on any atom is -0.467 e. The highest BCUT2D eigenvalue weighted by atomic mass is 32.1. The van der Waals surface area contributed by atoms with E-state index < -0.39 is 67.0 Å². The Morgan fingerprint density at radius 1 is 0.821 bits per heavy atom. The molecule has 13 nitrogen and oxygen atoms in total. The first kappa shape index (κ1) is 43.3. The Bertz CT molecular complexity index is 1940. The minimum absolute atomic E-state index is 0.0435. The molecule has 56 heavy (non-hydrogen) atoms. The van der Waals surface area contributed by atoms with E-state index in [1.165, 1.54) is 25.2 Å². The van der Waals surface area contributed by atoms with Gasteiger partial charge in [0.25, 0.3) is 14.2 Å². The van der Waals surface area contributed by atoms with Gasteiger partial charge in [0.05, 0.1) is 13.7 Å². The summed E-state index contributed by atoms with van der Waals surface area (Å²) in [5.41, 5.74) is 0.594. The van der Waals surface area contributed by atoms with Crippen LogP contribution < -0.4 is 26.3 Å². The molecule has 0 aliphatic rings. The molecule has 0 radical (unpaired) electrons. The van der Waals surface area contributed by atoms with Crippen LogP contribution in [0.4, 0.5) is 10.5 Å². The molecule has 1 aromatic heterocycles. The molecule has 4 aromatic rings. The molecule has 0 spiro atoms. The van der Waals surface area contributed by atoms with Crippen molar-refractivity contribution in [1.29, 1.82) is 0 Å². The maximum atomic E-state index is 14.2. The highest BCUT2D eigenvalue weighted by molar-refractivity contribution is 7.13. The van der Waals surface area contributed by atoms with Gasteiger partial charge < -0.3 is 29.3 Å². The van der Waals surface area contributed by atoms with Crippen molar-refractivity contribution >= 4 is 65.6 Å². The van der Waals surface area contributed by atoms with Gasteiger partial charge in [0, 0.05) is 23.6 Å². The first-order valence-corrected chi connectivity index (χ1v) is 20.8. The largest absolute Gasteiger partial charge is 0.467 e. The van der Waals surface area contributed by atoms with Crippen LogP contribution in [0, 0.1) is 0 Å². The number of methoxy groups -OCH3 is 1. The fourth-order valence-corrected chi connectivity index (χ4v) is 11.5. The van der Waals surface area contributed by atoms with Gasteiger partial charge in [0.1, 0.15) is 28.4 Å². The summed E-state index contributed by atoms with van der Waals surface area (Å²) in [5, 5.41) is 11.6. The summed E-state index contributed by atoms with van der Waals surface area (Å²) in [6.45, 7) is 13.9. The number of ether oxygens (including phenoxy) is 3. The number of thiazole rings is 1. The van der Waals surface area contributed by atoms with E-state index in [4.69, 9.17) is 18.6 Å². The third-order valence-electron chi connectivity index (χ3n) is 8.59. The van der Waals surface area contributed by atoms with Crippen LogP contribution in [0.15, 0.2) is 90.3 Å². The maximum Gasteiger partial charge on any atom is 0.412 e. The fraction of sp³-hybridized carbons (Fsp3) is 0.366. The van der Waals surface area contributed by atoms with E-state index in [-0.39, 0.29) is 12.3 Å². The summed E-state index contributed by atoms with van der Waals surface area (Å²) in [4.78, 5) is 69.5. The molecule has 298 valence electrons. The van der Waals surface area contributed by atoms with Gasteiger partial charge in [0.2, 0.25) is 5.91 Å². The second-order valence-electron chi connectivity index (χ2n) is 15.1. The lowest BCUT2D eigenvalue weighted by molar-refractivity contribution is -0.156. The Morgan fingerprint density at radius 2 is 1.39 bits per heavy atom. The number of esters is 2. The zero-order chi connectivity index (χ0) is 41.3. The Morgan fingerprint density at radius 3 is 1.89 bits per heavy atom. The molecule has 3 aromatic carbocycles. The third-order valence-corrected chi connectivity index (χ3v) is 14.5. The van der Waals surface area contributed by atoms with Crippen LogP contribution in [0.2, 0.25) is 5.04 Å². The number of nitrogens with one attached hydrogen (secondary N) is 3. The van der Waals surface area contributed by atoms with Gasteiger partial charge in [-0.2, -0.15) is 0 Å². The van der Waals surface area contributed by atoms with E-state index in [2.05, 4.69) is 41.7 Å². The van der Waals surface area contributed by atoms with Crippen molar-refractivity contribution < 1.29 is 42.6 Å². The van der Waals surface area contributed by atoms with Crippen LogP contribution in [-0.2, 0) is 33.0 Å². The SMILES string of the molecule is COC(=O)C(NC(=O)C(CO[Si](c1ccccc1)(c1ccccc1)C(C)(C)C)NC(=O)c1csc(-c2ccc(NC(=O)OC(C)(C)C)cc2)n1)C(C)OC(C)=O. The van der Waals surface area contributed by atoms with Gasteiger partial charge in [-0.05, 0) is 67.4 Å². The van der Waals surface area contributed by atoms with Crippen molar-refractivity contribution in [2.24, 2.45) is 0 Å². The molecule has 4 rings (SSSR count). The summed E-state index contributed by atoms with van der Waals surface area (Å²) in [6, 6.07) is 23.7. The van der Waals surface area contributed by atoms with Gasteiger partial charge in [-0.1, -0.05) is 81.4 Å². The standard InChI is InChI=1S/C41H50N4O9SSi/c1-26(53-27(2)46)34(38(49)51-9)45-35(47)32(24-52-56(41(6,7)8,30-16-12-10-13-17-30)31-18-14-11-15-19-31)43-36(48)33-25-55-37(44-33)28-20-22-29(23-21-28)42-39(50)54-40(3,4)5/h10-23,25-26,32,34H,24H2,1-9H3,(H,42,50)(H,43,48)(H,45,47). The molecule has 0 bridgehead atoms. The molecular weight excluding hydrogens is 753 g/mol. The number of aromatic nitrogens is 1. The molecule has 3 N–H and O–H groups in total. The van der Waals surface area contributed by atoms with E-state index in [1.54, 1.807) is 50.4 Å². The van der Waals surface area contributed by atoms with Crippen molar-refractivity contribution in [1.82, 2.24) is 15.6 Å². The second-order valence-corrected chi connectivity index (χ2v) is 20.2. The smallest absolute Gasteiger partial charge is 0.412 e. The van der Waals surface area contributed by atoms with Crippen LogP contribution in [0.5, 0.6) is 0 Å². The first-order valence-electron chi connectivity index (χ1n) is 18.0. The molecule has 0 fully saturated rings. The van der Waals surface area contributed by atoms with Gasteiger partial charge in [-0.15, -0.1) is 11.3 Å². The number of carbonyl (C=O) groups excluding carboxylic acids is 5. The van der Waals surface area contributed by atoms with Gasteiger partial charge in [-0.3, -0.25) is 19.7 Å². The van der Waals surface area contributed by atoms with E-state index >= 15 is 0 Å². The van der Waals surface area contributed by atoms with E-state index in [0.29, 0.717) is 16.3 Å². The number of carbonyl (C=O) groups is 5. The number of nitrogens with zero attached hydrogens (tertiary/aromatic N) is 1. The Balaban J connectivity index is 1.66. The number of hydrogen-bond acceptors (Lipinski definition) is 11. The average Bonchev–Trinajstić information content (AvgIpc) is 3.63. The molecule has 3 amide bonds. The Hall–Kier alpha value is -5.38. The number of benzene rings is 3. The zero-order valence-electron chi connectivity index (χ0n) is 33.1. The van der Waals surface area contributed by atoms with E-state index in [1.807, 2.05) is 60.7 Å². The van der Waals surface area contributed by atoms with Gasteiger partial charge in [-0.25, -0.2) is 14.6 Å². The Kier molecular flexibility index (Phi) is 14.3. The lowest BCUT2D eigenvalue weighted by Crippen LogP contribution is -2.68. The first-order chi connectivity index (χ1) is 26.3. The van der Waals surface area contributed by atoms with Gasteiger partial charge in [0.15, 0.2) is 6.04 Å². The predicted octanol–water partition coefficient (Wildman–Crippen LogP) is 5.44. The zero-order valence-corrected chi connectivity index (χ0v) is 34.9. The van der Waals surface area contributed by atoms with Crippen LogP contribution in [-0.4, -0.2) is 80.7 Å². The highest BCUT2D eigenvalue weighted by Gasteiger charge is 2.51. The summed E-state index contributed by atoms with van der Waals surface area (Å²) in [7, 11) is -2.06. The third kappa shape index (κ3) is 11.1. The van der Waals surface area contributed by atoms with Crippen molar-refractivity contribution in [3.05, 3.63) is 96.0 Å². The van der Waals surface area contributed by atoms with E-state index in [0.717, 1.165) is 17.5 Å². The number of anilines is 1. The molecule has 15 heteroatoms. The second kappa shape index (κ2) is 18.5. The molecular formula is C41H50N4O9SSi. The number of hydrogen-bond donors (Lipinski definition) is 3. The van der Waals surface area contributed by atoms with Crippen LogP contribution in [0.3, 0.4) is 0 Å². The quantitative estimate of drug-likeness (QED) is 0.0848. The van der Waals surface area contributed by atoms with Crippen molar-refractivity contribution in [3.63, 3.8) is 0 Å². The number of rotatable bonds is 14. The Labute approximate surface area is 332 Å². The molecule has 0 saturated heterocycles. The number of amides is 3. The summed E-state index contributed by atoms with van der Waals surface area (Å²) in [6.07, 6.45) is -1.68. The summed E-state index contributed by atoms with van der Waals surface area (Å²) >= 11 is 1.22. The maximum absolute atomic E-state index is 14.2. The molecule has 0 aliphatic carbocycles. The molecule has 3 atom stereocenters. The molecule has 1 heterocycles. The summed E-state index contributed by atoms with van der Waals surface area (Å²) < 4.78 is 22.5. The van der Waals surface area contributed by atoms with Crippen LogP contribution in [0.25, 0.3) is 10.6 Å². The van der Waals surface area contributed by atoms with E-state index in [9.17, 15) is 24.0 Å². The highest BCUT2D eigenvalue weighted by Crippen LogP contribution is 2.37. The minimum atomic E-state index is -3.21. The van der Waals surface area contributed by atoms with Gasteiger partial charge >= 0.3 is 18.0 Å². The monoisotopic (exact) mass is 802 g/mol. The average molecular weight is 803 g/mol. The summed E-state index contributed by atoms with van der Waals surface area (Å²) in [5.74, 6) is -2.94. The normalized spacial score (nSPS) is 13.4. The van der Waals surface area contributed by atoms with Crippen molar-refractivity contribution in [2.45, 2.75) is 84.2 Å². The molecule has 3 unspecified atom stereocenters. The fourth-order valence-electron chi connectivity index (χ4n) is 6.09. The van der Waals surface area contributed by atoms with Crippen molar-refractivity contribution in [2.75, 3.05) is 19.0 Å². The lowest BCUT2D eigenvalue weighted by atomic mass is 10.1. The molecule has 0 aliphatic heterocycles. The predicted molar refractivity (Wildman–Crippen MR) is 217 cm³/mol. The molecule has 0 saturated carbocycles.